The van der Waals surface area contributed by atoms with Crippen LogP contribution in [0.25, 0.3) is 0 Å². The molecule has 1 fully saturated rings. The van der Waals surface area contributed by atoms with E-state index in [2.05, 4.69) is 5.32 Å². The number of methoxy groups -OCH3 is 1. The molecule has 0 bridgehead atoms. The van der Waals surface area contributed by atoms with E-state index in [1.807, 2.05) is 24.8 Å². The zero-order valence-electron chi connectivity index (χ0n) is 19.0. The molecule has 0 radical (unpaired) electrons. The number of nitrogens with one attached hydrogen (secondary N) is 1. The molecule has 1 N–H and O–H groups in total. The number of nitrogens with zero attached hydrogens (tertiary/aromatic N) is 1. The molecule has 178 valence electrons. The number of carbonyl (C=O) groups excluding carboxylic acids is 1. The van der Waals surface area contributed by atoms with Crippen molar-refractivity contribution in [1.82, 2.24) is 5.32 Å². The van der Waals surface area contributed by atoms with Crippen LogP contribution in [0.1, 0.15) is 31.2 Å². The molecule has 2 aromatic carbocycles. The van der Waals surface area contributed by atoms with Gasteiger partial charge in [-0.2, -0.15) is 11.8 Å². The lowest BCUT2D eigenvalue weighted by Gasteiger charge is -2.35. The van der Waals surface area contributed by atoms with Crippen LogP contribution in [0.4, 0.5) is 5.69 Å². The predicted octanol–water partition coefficient (Wildman–Crippen LogP) is 3.75. The van der Waals surface area contributed by atoms with Gasteiger partial charge >= 0.3 is 0 Å². The third-order valence-corrected chi connectivity index (χ3v) is 9.16. The average Bonchev–Trinajstić information content (AvgIpc) is 3.34. The number of hydrogen-bond acceptors (Lipinski definition) is 6. The summed E-state index contributed by atoms with van der Waals surface area (Å²) in [5.41, 5.74) is 1.35. The van der Waals surface area contributed by atoms with Crippen molar-refractivity contribution in [2.24, 2.45) is 0 Å². The maximum atomic E-state index is 13.5. The summed E-state index contributed by atoms with van der Waals surface area (Å²) in [7, 11) is -2.37. The van der Waals surface area contributed by atoms with Gasteiger partial charge in [0.15, 0.2) is 6.10 Å². The van der Waals surface area contributed by atoms with E-state index in [0.717, 1.165) is 11.3 Å². The van der Waals surface area contributed by atoms with Crippen molar-refractivity contribution < 1.29 is 22.7 Å². The van der Waals surface area contributed by atoms with Crippen LogP contribution < -0.4 is 19.1 Å². The Morgan fingerprint density at radius 2 is 1.91 bits per heavy atom. The van der Waals surface area contributed by atoms with Crippen LogP contribution in [0.15, 0.2) is 47.4 Å². The second-order valence-electron chi connectivity index (χ2n) is 8.36. The Morgan fingerprint density at radius 3 is 2.61 bits per heavy atom. The van der Waals surface area contributed by atoms with E-state index in [1.165, 1.54) is 49.2 Å². The Morgan fingerprint density at radius 1 is 1.18 bits per heavy atom. The molecule has 0 spiro atoms. The summed E-state index contributed by atoms with van der Waals surface area (Å²) >= 11 is 1.90. The minimum absolute atomic E-state index is 0.0912. The molecular weight excluding hydrogens is 460 g/mol. The van der Waals surface area contributed by atoms with Crippen molar-refractivity contribution in [2.45, 2.75) is 48.9 Å². The van der Waals surface area contributed by atoms with Gasteiger partial charge in [-0.1, -0.05) is 18.9 Å². The van der Waals surface area contributed by atoms with Crippen LogP contribution in [-0.4, -0.2) is 51.6 Å². The first-order valence-corrected chi connectivity index (χ1v) is 13.7. The molecule has 0 saturated heterocycles. The van der Waals surface area contributed by atoms with Crippen LogP contribution in [0.5, 0.6) is 11.5 Å². The second kappa shape index (κ2) is 10.3. The van der Waals surface area contributed by atoms with E-state index in [-0.39, 0.29) is 17.3 Å². The molecule has 1 saturated carbocycles. The number of benzene rings is 2. The van der Waals surface area contributed by atoms with Crippen molar-refractivity contribution in [3.05, 3.63) is 48.0 Å². The van der Waals surface area contributed by atoms with Gasteiger partial charge in [0.25, 0.3) is 15.9 Å². The van der Waals surface area contributed by atoms with Crippen molar-refractivity contribution in [3.8, 4) is 11.5 Å². The highest BCUT2D eigenvalue weighted by Crippen LogP contribution is 2.38. The van der Waals surface area contributed by atoms with E-state index in [1.54, 1.807) is 24.3 Å². The first-order valence-electron chi connectivity index (χ1n) is 11.2. The molecular formula is C24H30N2O5S2. The maximum Gasteiger partial charge on any atom is 0.264 e. The minimum Gasteiger partial charge on any atom is -0.497 e. The number of thioether (sulfide) groups is 1. The smallest absolute Gasteiger partial charge is 0.264 e. The van der Waals surface area contributed by atoms with E-state index >= 15 is 0 Å². The summed E-state index contributed by atoms with van der Waals surface area (Å²) in [6.07, 6.45) is 4.15. The summed E-state index contributed by atoms with van der Waals surface area (Å²) in [6.45, 7) is 2.34. The quantitative estimate of drug-likeness (QED) is 0.568. The standard InChI is InChI=1S/C24H30N2O5S2/c1-17-7-12-21-22(15-17)31-23(24(27)25-13-14-32-19-5-3-4-6-19)16-26(21)33(28,29)20-10-8-18(30-2)9-11-20/h7-12,15,19,23H,3-6,13-14,16H2,1-2H3,(H,25,27)/t23-/m0/s1. The second-order valence-corrected chi connectivity index (χ2v) is 11.6. The lowest BCUT2D eigenvalue weighted by Crippen LogP contribution is -2.51. The zero-order chi connectivity index (χ0) is 23.4. The van der Waals surface area contributed by atoms with E-state index in [0.29, 0.717) is 29.0 Å². The highest BCUT2D eigenvalue weighted by Gasteiger charge is 2.37. The van der Waals surface area contributed by atoms with Crippen molar-refractivity contribution in [2.75, 3.05) is 30.3 Å². The Balaban J connectivity index is 1.50. The lowest BCUT2D eigenvalue weighted by atomic mass is 10.1. The van der Waals surface area contributed by atoms with Crippen molar-refractivity contribution in [1.29, 1.82) is 0 Å². The third kappa shape index (κ3) is 5.41. The highest BCUT2D eigenvalue weighted by atomic mass is 32.2. The fourth-order valence-electron chi connectivity index (χ4n) is 4.17. The monoisotopic (exact) mass is 490 g/mol. The molecule has 2 aliphatic rings. The Hall–Kier alpha value is -2.39. The molecule has 2 aromatic rings. The minimum atomic E-state index is -3.90. The van der Waals surface area contributed by atoms with Gasteiger partial charge in [-0.15, -0.1) is 0 Å². The van der Waals surface area contributed by atoms with Gasteiger partial charge in [-0.3, -0.25) is 9.10 Å². The van der Waals surface area contributed by atoms with Crippen LogP contribution in [0.2, 0.25) is 0 Å². The number of aryl methyl sites for hydroxylation is 1. The van der Waals surface area contributed by atoms with Gasteiger partial charge in [-0.25, -0.2) is 8.42 Å². The number of hydrogen-bond donors (Lipinski definition) is 1. The number of sulfonamides is 1. The molecule has 1 atom stereocenters. The Labute approximate surface area is 199 Å². The maximum absolute atomic E-state index is 13.5. The number of anilines is 1. The normalized spacial score (nSPS) is 18.5. The number of rotatable bonds is 8. The van der Waals surface area contributed by atoms with Gasteiger partial charge in [0.1, 0.15) is 11.5 Å². The number of amides is 1. The molecule has 1 aliphatic carbocycles. The SMILES string of the molecule is COc1ccc(S(=O)(=O)N2C[C@@H](C(=O)NCCSC3CCCC3)Oc3cc(C)ccc32)cc1. The third-order valence-electron chi connectivity index (χ3n) is 5.98. The number of fused-ring (bicyclic) bond motifs is 1. The summed E-state index contributed by atoms with van der Waals surface area (Å²) in [5.74, 6) is 1.50. The van der Waals surface area contributed by atoms with Gasteiger partial charge < -0.3 is 14.8 Å². The molecule has 7 nitrogen and oxygen atoms in total. The molecule has 0 unspecified atom stereocenters. The van der Waals surface area contributed by atoms with E-state index in [9.17, 15) is 13.2 Å². The van der Waals surface area contributed by atoms with Crippen LogP contribution in [-0.2, 0) is 14.8 Å². The topological polar surface area (TPSA) is 84.9 Å². The van der Waals surface area contributed by atoms with Crippen LogP contribution >= 0.6 is 11.8 Å². The zero-order valence-corrected chi connectivity index (χ0v) is 20.6. The number of ether oxygens (including phenoxy) is 2. The van der Waals surface area contributed by atoms with E-state index < -0.39 is 16.1 Å². The van der Waals surface area contributed by atoms with E-state index in [4.69, 9.17) is 9.47 Å². The molecule has 1 heterocycles. The number of carbonyl (C=O) groups is 1. The van der Waals surface area contributed by atoms with Gasteiger partial charge in [0, 0.05) is 17.5 Å². The molecule has 33 heavy (non-hydrogen) atoms. The first kappa shape index (κ1) is 23.8. The van der Waals surface area contributed by atoms with Crippen molar-refractivity contribution >= 4 is 33.4 Å². The molecule has 1 aliphatic heterocycles. The summed E-state index contributed by atoms with van der Waals surface area (Å²) in [4.78, 5) is 13.0. The largest absolute Gasteiger partial charge is 0.497 e. The van der Waals surface area contributed by atoms with Gasteiger partial charge in [-0.05, 0) is 61.7 Å². The van der Waals surface area contributed by atoms with Gasteiger partial charge in [0.05, 0.1) is 24.2 Å². The Bertz CT molecular complexity index is 1080. The average molecular weight is 491 g/mol. The summed E-state index contributed by atoms with van der Waals surface area (Å²) in [5, 5.41) is 3.61. The molecule has 0 aromatic heterocycles. The van der Waals surface area contributed by atoms with Crippen LogP contribution in [0, 0.1) is 6.92 Å². The Kier molecular flexibility index (Phi) is 7.38. The fraction of sp³-hybridized carbons (Fsp3) is 0.458. The first-order chi connectivity index (χ1) is 15.9. The van der Waals surface area contributed by atoms with Gasteiger partial charge in [0.2, 0.25) is 0 Å². The molecule has 9 heteroatoms. The predicted molar refractivity (Wildman–Crippen MR) is 131 cm³/mol. The highest BCUT2D eigenvalue weighted by molar-refractivity contribution is 7.99. The van der Waals surface area contributed by atoms with Crippen molar-refractivity contribution in [3.63, 3.8) is 0 Å². The fourth-order valence-corrected chi connectivity index (χ4v) is 6.86. The molecule has 4 rings (SSSR count). The summed E-state index contributed by atoms with van der Waals surface area (Å²) < 4.78 is 39.4. The molecule has 1 amide bonds. The summed E-state index contributed by atoms with van der Waals surface area (Å²) in [6, 6.07) is 11.5. The van der Waals surface area contributed by atoms with Crippen LogP contribution in [0.3, 0.4) is 0 Å². The lowest BCUT2D eigenvalue weighted by molar-refractivity contribution is -0.127.